The summed E-state index contributed by atoms with van der Waals surface area (Å²) in [5.41, 5.74) is -0.722. The molecule has 0 saturated carbocycles. The van der Waals surface area contributed by atoms with Gasteiger partial charge in [0.15, 0.2) is 5.82 Å². The Morgan fingerprint density at radius 3 is 2.81 bits per heavy atom. The first-order valence-corrected chi connectivity index (χ1v) is 8.17. The molecule has 0 radical (unpaired) electrons. The van der Waals surface area contributed by atoms with E-state index in [0.29, 0.717) is 11.0 Å². The summed E-state index contributed by atoms with van der Waals surface area (Å²) in [6.45, 7) is 0. The molecule has 0 bridgehead atoms. The van der Waals surface area contributed by atoms with Crippen molar-refractivity contribution in [1.29, 1.82) is 0 Å². The number of nitrogens with zero attached hydrogens (tertiary/aromatic N) is 3. The Morgan fingerprint density at radius 1 is 1.31 bits per heavy atom. The van der Waals surface area contributed by atoms with Gasteiger partial charge in [-0.1, -0.05) is 0 Å². The molecule has 26 heavy (non-hydrogen) atoms. The van der Waals surface area contributed by atoms with Crippen LogP contribution < -0.4 is 14.9 Å². The van der Waals surface area contributed by atoms with E-state index >= 15 is 0 Å². The minimum atomic E-state index is -2.56. The van der Waals surface area contributed by atoms with Crippen LogP contribution in [0.1, 0.15) is 0 Å². The van der Waals surface area contributed by atoms with Crippen LogP contribution in [0.2, 0.25) is 0 Å². The summed E-state index contributed by atoms with van der Waals surface area (Å²) < 4.78 is 49.7. The largest absolute Gasteiger partial charge is 0.346 e. The number of aromatic nitrogens is 3. The highest BCUT2D eigenvalue weighted by Gasteiger charge is 2.21. The summed E-state index contributed by atoms with van der Waals surface area (Å²) in [5.74, 6) is -2.04. The molecule has 2 amide bonds. The lowest BCUT2D eigenvalue weighted by atomic mass is 10.2. The number of urea groups is 1. The number of benzene rings is 1. The Morgan fingerprint density at radius 2 is 2.08 bits per heavy atom. The number of carbonyl (C=O) groups is 1. The molecule has 4 N–H and O–H groups in total. The maximum atomic E-state index is 14.3. The van der Waals surface area contributed by atoms with Gasteiger partial charge in [0.05, 0.1) is 11.1 Å². The van der Waals surface area contributed by atoms with Crippen LogP contribution in [0.15, 0.2) is 30.7 Å². The predicted molar refractivity (Wildman–Crippen MR) is 92.1 cm³/mol. The first-order chi connectivity index (χ1) is 12.4. The maximum Gasteiger partial charge on any atom is 0.327 e. The van der Waals surface area contributed by atoms with E-state index in [1.807, 2.05) is 4.72 Å². The molecule has 0 fully saturated rings. The highest BCUT2D eigenvalue weighted by molar-refractivity contribution is 7.80. The van der Waals surface area contributed by atoms with Crippen LogP contribution in [0.4, 0.5) is 30.8 Å². The number of amides is 2. The number of H-pyrrole nitrogens is 1. The lowest BCUT2D eigenvalue weighted by Crippen LogP contribution is -2.32. The van der Waals surface area contributed by atoms with Crippen molar-refractivity contribution in [3.63, 3.8) is 0 Å². The van der Waals surface area contributed by atoms with Gasteiger partial charge in [0.25, 0.3) is 11.3 Å². The van der Waals surface area contributed by atoms with Crippen molar-refractivity contribution in [2.24, 2.45) is 0 Å². The quantitative estimate of drug-likeness (QED) is 0.516. The van der Waals surface area contributed by atoms with Crippen LogP contribution in [0.3, 0.4) is 0 Å². The summed E-state index contributed by atoms with van der Waals surface area (Å²) in [5, 5.41) is 2.63. The predicted octanol–water partition coefficient (Wildman–Crippen LogP) is 2.45. The van der Waals surface area contributed by atoms with E-state index in [-0.39, 0.29) is 5.82 Å². The van der Waals surface area contributed by atoms with Crippen molar-refractivity contribution in [2.75, 3.05) is 22.0 Å². The van der Waals surface area contributed by atoms with E-state index in [4.69, 9.17) is 4.55 Å². The van der Waals surface area contributed by atoms with Gasteiger partial charge in [-0.3, -0.25) is 14.2 Å². The summed E-state index contributed by atoms with van der Waals surface area (Å²) in [6.07, 6.45) is 2.85. The van der Waals surface area contributed by atoms with Crippen LogP contribution in [0.25, 0.3) is 11.0 Å². The van der Waals surface area contributed by atoms with Crippen molar-refractivity contribution in [1.82, 2.24) is 15.0 Å². The molecular formula is C14H12F2N6O3S. The molecule has 0 aliphatic rings. The van der Waals surface area contributed by atoms with Crippen molar-refractivity contribution in [3.8, 4) is 0 Å². The Hall–Kier alpha value is -3.12. The smallest absolute Gasteiger partial charge is 0.327 e. The number of hydrogen-bond acceptors (Lipinski definition) is 4. The van der Waals surface area contributed by atoms with Crippen LogP contribution in [0.5, 0.6) is 0 Å². The normalized spacial score (nSPS) is 12.0. The van der Waals surface area contributed by atoms with Crippen LogP contribution in [-0.4, -0.2) is 36.8 Å². The number of rotatable bonds is 4. The molecule has 3 rings (SSSR count). The minimum absolute atomic E-state index is 0.223. The van der Waals surface area contributed by atoms with E-state index in [1.165, 1.54) is 13.4 Å². The molecule has 3 aromatic rings. The second kappa shape index (κ2) is 7.01. The van der Waals surface area contributed by atoms with E-state index in [1.54, 1.807) is 12.3 Å². The Kier molecular flexibility index (Phi) is 4.77. The van der Waals surface area contributed by atoms with E-state index in [9.17, 15) is 17.8 Å². The fourth-order valence-corrected chi connectivity index (χ4v) is 2.60. The Balaban J connectivity index is 1.90. The fourth-order valence-electron chi connectivity index (χ4n) is 2.25. The van der Waals surface area contributed by atoms with Gasteiger partial charge in [-0.2, -0.15) is 0 Å². The fraction of sp³-hybridized carbons (Fsp3) is 0.0714. The molecule has 1 atom stereocenters. The van der Waals surface area contributed by atoms with Crippen molar-refractivity contribution in [3.05, 3.63) is 42.4 Å². The van der Waals surface area contributed by atoms with Crippen molar-refractivity contribution >= 4 is 45.5 Å². The zero-order valence-electron chi connectivity index (χ0n) is 13.2. The number of halogens is 2. The lowest BCUT2D eigenvalue weighted by Gasteiger charge is -2.18. The van der Waals surface area contributed by atoms with Gasteiger partial charge in [-0.15, -0.1) is 0 Å². The Labute approximate surface area is 147 Å². The van der Waals surface area contributed by atoms with Gasteiger partial charge < -0.3 is 10.3 Å². The molecule has 0 saturated heterocycles. The number of nitrogens with one attached hydrogen (secondary N) is 3. The number of carbonyl (C=O) groups excluding carboxylic acids is 1. The number of fused-ring (bicyclic) bond motifs is 1. The molecule has 1 aromatic carbocycles. The number of hydrogen-bond donors (Lipinski definition) is 4. The molecule has 1 unspecified atom stereocenters. The molecular weight excluding hydrogens is 370 g/mol. The van der Waals surface area contributed by atoms with Gasteiger partial charge in [0.2, 0.25) is 0 Å². The monoisotopic (exact) mass is 382 g/mol. The van der Waals surface area contributed by atoms with Crippen molar-refractivity contribution < 1.29 is 22.3 Å². The van der Waals surface area contributed by atoms with Crippen molar-refractivity contribution in [2.45, 2.75) is 0 Å². The molecule has 136 valence electrons. The zero-order valence-corrected chi connectivity index (χ0v) is 14.0. The molecule has 2 heterocycles. The summed E-state index contributed by atoms with van der Waals surface area (Å²) in [6, 6.07) is 2.57. The summed E-state index contributed by atoms with van der Waals surface area (Å²) in [7, 11) is 1.37. The average molecular weight is 382 g/mol. The SMILES string of the molecule is CN(C(=O)Nc1c(F)ccc(NS(=O)O)c1F)c1ncnc2[nH]ccc12. The molecule has 9 nitrogen and oxygen atoms in total. The van der Waals surface area contributed by atoms with Crippen LogP contribution in [-0.2, 0) is 11.3 Å². The van der Waals surface area contributed by atoms with Gasteiger partial charge >= 0.3 is 6.03 Å². The standard InChI is InChI=1S/C14H12F2N6O3S/c1-22(13-7-4-5-17-12(7)18-6-19-13)14(23)20-11-8(15)2-3-9(10(11)16)21-26(24)25/h2-6,21H,1H3,(H,20,23)(H,24,25)(H,17,18,19). The molecule has 0 aliphatic carbocycles. The number of anilines is 3. The number of aromatic amines is 1. The lowest BCUT2D eigenvalue weighted by molar-refractivity contribution is 0.257. The maximum absolute atomic E-state index is 14.3. The van der Waals surface area contributed by atoms with E-state index in [0.717, 1.165) is 17.0 Å². The first kappa shape index (κ1) is 17.7. The third kappa shape index (κ3) is 3.32. The first-order valence-electron chi connectivity index (χ1n) is 7.06. The highest BCUT2D eigenvalue weighted by Crippen LogP contribution is 2.27. The second-order valence-corrected chi connectivity index (χ2v) is 5.76. The van der Waals surface area contributed by atoms with Gasteiger partial charge in [-0.25, -0.2) is 27.8 Å². The molecule has 0 spiro atoms. The highest BCUT2D eigenvalue weighted by atomic mass is 32.2. The summed E-state index contributed by atoms with van der Waals surface area (Å²) >= 11 is -2.56. The molecule has 2 aromatic heterocycles. The van der Waals surface area contributed by atoms with E-state index in [2.05, 4.69) is 20.3 Å². The third-order valence-electron chi connectivity index (χ3n) is 3.48. The Bertz CT molecular complexity index is 1010. The second-order valence-electron chi connectivity index (χ2n) is 5.06. The minimum Gasteiger partial charge on any atom is -0.346 e. The van der Waals surface area contributed by atoms with Gasteiger partial charge in [0.1, 0.15) is 29.3 Å². The molecule has 12 heteroatoms. The average Bonchev–Trinajstić information content (AvgIpc) is 3.08. The summed E-state index contributed by atoms with van der Waals surface area (Å²) in [4.78, 5) is 24.3. The van der Waals surface area contributed by atoms with E-state index < -0.39 is 40.3 Å². The van der Waals surface area contributed by atoms with Crippen LogP contribution >= 0.6 is 0 Å². The van der Waals surface area contributed by atoms with Gasteiger partial charge in [0, 0.05) is 13.2 Å². The van der Waals surface area contributed by atoms with Gasteiger partial charge in [-0.05, 0) is 18.2 Å². The molecule has 0 aliphatic heterocycles. The van der Waals surface area contributed by atoms with Crippen LogP contribution in [0, 0.1) is 11.6 Å². The zero-order chi connectivity index (χ0) is 18.8. The topological polar surface area (TPSA) is 123 Å². The third-order valence-corrected chi connectivity index (χ3v) is 3.87.